The molecule has 3 rings (SSSR count). The summed E-state index contributed by atoms with van der Waals surface area (Å²) in [5.41, 5.74) is 0.671. The number of aromatic nitrogens is 1. The number of ketones is 1. The average Bonchev–Trinajstić information content (AvgIpc) is 3.19. The van der Waals surface area contributed by atoms with Gasteiger partial charge in [0.15, 0.2) is 11.5 Å². The highest BCUT2D eigenvalue weighted by Crippen LogP contribution is 2.45. The lowest BCUT2D eigenvalue weighted by atomic mass is 10.1. The number of hydrogen-bond acceptors (Lipinski definition) is 8. The zero-order valence-corrected chi connectivity index (χ0v) is 19.1. The van der Waals surface area contributed by atoms with Crippen molar-refractivity contribution in [3.63, 3.8) is 0 Å². The molecule has 2 aromatic carbocycles. The Bertz CT molecular complexity index is 1290. The van der Waals surface area contributed by atoms with E-state index in [9.17, 15) is 18.0 Å². The molecule has 0 saturated heterocycles. The molecular formula is C22H23NO8S. The van der Waals surface area contributed by atoms with Gasteiger partial charge >= 0.3 is 5.97 Å². The molecule has 170 valence electrons. The van der Waals surface area contributed by atoms with Gasteiger partial charge in [-0.1, -0.05) is 17.7 Å². The van der Waals surface area contributed by atoms with Crippen LogP contribution >= 0.6 is 0 Å². The Hall–Kier alpha value is -3.53. The largest absolute Gasteiger partial charge is 0.496 e. The Morgan fingerprint density at radius 2 is 1.59 bits per heavy atom. The van der Waals surface area contributed by atoms with E-state index in [1.807, 2.05) is 6.92 Å². The highest BCUT2D eigenvalue weighted by Gasteiger charge is 2.32. The third-order valence-corrected chi connectivity index (χ3v) is 6.52. The maximum atomic E-state index is 13.6. The predicted octanol–water partition coefficient (Wildman–Crippen LogP) is 2.96. The molecule has 0 saturated carbocycles. The Morgan fingerprint density at radius 1 is 0.969 bits per heavy atom. The number of Topliss-reactive ketones (excluding diaryl/α,β-unsaturated/α-hetero) is 1. The number of methoxy groups -OCH3 is 3. The monoisotopic (exact) mass is 461 g/mol. The van der Waals surface area contributed by atoms with E-state index in [0.717, 1.165) is 15.7 Å². The molecule has 32 heavy (non-hydrogen) atoms. The van der Waals surface area contributed by atoms with E-state index < -0.39 is 21.8 Å². The number of ether oxygens (including phenoxy) is 4. The van der Waals surface area contributed by atoms with Gasteiger partial charge in [-0.05, 0) is 26.0 Å². The second kappa shape index (κ2) is 8.91. The lowest BCUT2D eigenvalue weighted by Gasteiger charge is -2.15. The summed E-state index contributed by atoms with van der Waals surface area (Å²) in [4.78, 5) is 25.1. The molecular weight excluding hydrogens is 438 g/mol. The van der Waals surface area contributed by atoms with Gasteiger partial charge in [0.2, 0.25) is 0 Å². The minimum absolute atomic E-state index is 0.00285. The molecule has 0 spiro atoms. The molecule has 0 fully saturated rings. The first-order valence-electron chi connectivity index (χ1n) is 9.58. The number of esters is 1. The molecule has 0 aliphatic rings. The Morgan fingerprint density at radius 3 is 2.12 bits per heavy atom. The van der Waals surface area contributed by atoms with Crippen molar-refractivity contribution in [3.05, 3.63) is 47.7 Å². The third kappa shape index (κ3) is 3.77. The van der Waals surface area contributed by atoms with Gasteiger partial charge in [0.05, 0.1) is 43.8 Å². The third-order valence-electron chi connectivity index (χ3n) is 4.85. The van der Waals surface area contributed by atoms with E-state index in [1.165, 1.54) is 39.5 Å². The molecule has 1 heterocycles. The van der Waals surface area contributed by atoms with Crippen LogP contribution in [0.4, 0.5) is 0 Å². The fourth-order valence-corrected chi connectivity index (χ4v) is 4.69. The lowest BCUT2D eigenvalue weighted by Crippen LogP contribution is -2.17. The van der Waals surface area contributed by atoms with Crippen molar-refractivity contribution in [2.24, 2.45) is 0 Å². The van der Waals surface area contributed by atoms with Crippen molar-refractivity contribution >= 4 is 32.7 Å². The van der Waals surface area contributed by atoms with Gasteiger partial charge in [0, 0.05) is 12.3 Å². The van der Waals surface area contributed by atoms with E-state index in [1.54, 1.807) is 19.1 Å². The van der Waals surface area contributed by atoms with Crippen molar-refractivity contribution in [1.82, 2.24) is 3.97 Å². The van der Waals surface area contributed by atoms with Crippen LogP contribution in [0.15, 0.2) is 41.4 Å². The zero-order chi connectivity index (χ0) is 23.6. The summed E-state index contributed by atoms with van der Waals surface area (Å²) in [5.74, 6) is -1.76. The quantitative estimate of drug-likeness (QED) is 0.286. The topological polar surface area (TPSA) is 110 Å². The molecule has 10 heteroatoms. The molecule has 0 aliphatic heterocycles. The molecule has 0 amide bonds. The molecule has 0 N–H and O–H groups in total. The fourth-order valence-electron chi connectivity index (χ4n) is 3.32. The number of aryl methyl sites for hydroxylation is 1. The number of rotatable bonds is 8. The molecule has 0 atom stereocenters. The lowest BCUT2D eigenvalue weighted by molar-refractivity contribution is -0.137. The molecule has 0 radical (unpaired) electrons. The summed E-state index contributed by atoms with van der Waals surface area (Å²) in [6, 6.07) is 7.66. The van der Waals surface area contributed by atoms with Crippen molar-refractivity contribution < 1.29 is 37.0 Å². The van der Waals surface area contributed by atoms with Crippen LogP contribution in [0.1, 0.15) is 22.8 Å². The van der Waals surface area contributed by atoms with E-state index >= 15 is 0 Å². The summed E-state index contributed by atoms with van der Waals surface area (Å²) < 4.78 is 49.0. The van der Waals surface area contributed by atoms with Gasteiger partial charge in [-0.15, -0.1) is 0 Å². The summed E-state index contributed by atoms with van der Waals surface area (Å²) in [6.07, 6.45) is 1.07. The first kappa shape index (κ1) is 23.1. The van der Waals surface area contributed by atoms with Crippen molar-refractivity contribution in [3.8, 4) is 17.2 Å². The number of nitrogens with zero attached hydrogens (tertiary/aromatic N) is 1. The van der Waals surface area contributed by atoms with Crippen LogP contribution in [0.2, 0.25) is 0 Å². The van der Waals surface area contributed by atoms with Crippen molar-refractivity contribution in [1.29, 1.82) is 0 Å². The van der Waals surface area contributed by atoms with Crippen LogP contribution in [0.5, 0.6) is 17.2 Å². The van der Waals surface area contributed by atoms with Crippen LogP contribution in [0, 0.1) is 6.92 Å². The first-order chi connectivity index (χ1) is 15.2. The highest BCUT2D eigenvalue weighted by molar-refractivity contribution is 7.90. The molecule has 0 unspecified atom stereocenters. The minimum atomic E-state index is -4.19. The van der Waals surface area contributed by atoms with Gasteiger partial charge in [-0.25, -0.2) is 17.2 Å². The van der Waals surface area contributed by atoms with Crippen molar-refractivity contribution in [2.75, 3.05) is 27.9 Å². The van der Waals surface area contributed by atoms with Crippen LogP contribution in [0.25, 0.3) is 10.9 Å². The SMILES string of the molecule is CCOC(=O)C(=O)c1cn(S(=O)(=O)c2ccc(C)cc2)c2c(OC)c(OC)cc(OC)c12. The smallest absolute Gasteiger partial charge is 0.379 e. The van der Waals surface area contributed by atoms with Crippen LogP contribution in [-0.2, 0) is 19.6 Å². The number of carbonyl (C=O) groups is 2. The normalized spacial score (nSPS) is 11.3. The zero-order valence-electron chi connectivity index (χ0n) is 18.3. The molecule has 0 bridgehead atoms. The maximum Gasteiger partial charge on any atom is 0.379 e. The van der Waals surface area contributed by atoms with Gasteiger partial charge in [-0.3, -0.25) is 4.79 Å². The van der Waals surface area contributed by atoms with Crippen LogP contribution in [0.3, 0.4) is 0 Å². The van der Waals surface area contributed by atoms with Gasteiger partial charge in [0.25, 0.3) is 15.8 Å². The molecule has 1 aromatic heterocycles. The summed E-state index contributed by atoms with van der Waals surface area (Å²) >= 11 is 0. The standard InChI is InChI=1S/C22H23NO8S/c1-6-31-22(25)20(24)15-12-23(32(26,27)14-9-7-13(2)8-10-14)19-18(15)16(28-3)11-17(29-4)21(19)30-5/h7-12H,6H2,1-5H3. The van der Waals surface area contributed by atoms with E-state index in [4.69, 9.17) is 18.9 Å². The Balaban J connectivity index is 2.46. The molecule has 9 nitrogen and oxygen atoms in total. The minimum Gasteiger partial charge on any atom is -0.496 e. The molecule has 3 aromatic rings. The predicted molar refractivity (Wildman–Crippen MR) is 116 cm³/mol. The van der Waals surface area contributed by atoms with Gasteiger partial charge in [-0.2, -0.15) is 0 Å². The number of benzene rings is 2. The van der Waals surface area contributed by atoms with Crippen molar-refractivity contribution in [2.45, 2.75) is 18.7 Å². The van der Waals surface area contributed by atoms with E-state index in [0.29, 0.717) is 0 Å². The summed E-state index contributed by atoms with van der Waals surface area (Å²) in [7, 11) is -0.118. The van der Waals surface area contributed by atoms with Gasteiger partial charge in [0.1, 0.15) is 11.3 Å². The van der Waals surface area contributed by atoms with E-state index in [2.05, 4.69) is 0 Å². The average molecular weight is 461 g/mol. The summed E-state index contributed by atoms with van der Waals surface area (Å²) in [6.45, 7) is 3.38. The highest BCUT2D eigenvalue weighted by atomic mass is 32.2. The van der Waals surface area contributed by atoms with Crippen LogP contribution in [-0.4, -0.2) is 52.1 Å². The number of carbonyl (C=O) groups excluding carboxylic acids is 2. The summed E-state index contributed by atoms with van der Waals surface area (Å²) in [5, 5.41) is 0.0823. The fraction of sp³-hybridized carbons (Fsp3) is 0.273. The Labute approximate surface area is 185 Å². The first-order valence-corrected chi connectivity index (χ1v) is 11.0. The second-order valence-electron chi connectivity index (χ2n) is 6.74. The van der Waals surface area contributed by atoms with Gasteiger partial charge < -0.3 is 18.9 Å². The van der Waals surface area contributed by atoms with E-state index in [-0.39, 0.29) is 45.2 Å². The number of hydrogen-bond donors (Lipinski definition) is 0. The molecule has 0 aliphatic carbocycles. The maximum absolute atomic E-state index is 13.6. The second-order valence-corrected chi connectivity index (χ2v) is 8.56. The number of fused-ring (bicyclic) bond motifs is 1. The van der Waals surface area contributed by atoms with Crippen LogP contribution < -0.4 is 14.2 Å². The Kier molecular flexibility index (Phi) is 6.45.